The molecule has 2 heterocycles. The minimum absolute atomic E-state index is 0.163. The molecule has 0 spiro atoms. The van der Waals surface area contributed by atoms with Crippen molar-refractivity contribution in [2.75, 3.05) is 0 Å². The van der Waals surface area contributed by atoms with Gasteiger partial charge in [0.05, 0.1) is 5.69 Å². The fourth-order valence-corrected chi connectivity index (χ4v) is 1.60. The fraction of sp³-hybridized carbons (Fsp3) is 0.182. The lowest BCUT2D eigenvalue weighted by molar-refractivity contribution is 0.0694. The molecule has 0 aliphatic heterocycles. The normalized spacial score (nSPS) is 10.8. The third-order valence-corrected chi connectivity index (χ3v) is 2.54. The lowest BCUT2D eigenvalue weighted by atomic mass is 10.2. The van der Waals surface area contributed by atoms with E-state index < -0.39 is 22.9 Å². The third-order valence-electron chi connectivity index (χ3n) is 2.54. The van der Waals surface area contributed by atoms with Crippen LogP contribution in [0.3, 0.4) is 0 Å². The number of carboxylic acid groups (broad SMARTS) is 1. The van der Waals surface area contributed by atoms with Gasteiger partial charge in [-0.3, -0.25) is 9.36 Å². The van der Waals surface area contributed by atoms with Crippen molar-refractivity contribution in [3.05, 3.63) is 39.6 Å². The molecule has 0 saturated carbocycles. The molecule has 1 N–H and O–H groups in total. The molecule has 6 heteroatoms. The SMILES string of the molecule is Cc1nc2c(cc1F)cc(C(=O)O)c(=O)n2C. The summed E-state index contributed by atoms with van der Waals surface area (Å²) in [5, 5.41) is 9.13. The Morgan fingerprint density at radius 2 is 2.12 bits per heavy atom. The van der Waals surface area contributed by atoms with E-state index in [1.807, 2.05) is 0 Å². The molecule has 0 amide bonds. The molecule has 17 heavy (non-hydrogen) atoms. The molecule has 0 fully saturated rings. The van der Waals surface area contributed by atoms with Gasteiger partial charge in [0.1, 0.15) is 17.0 Å². The second kappa shape index (κ2) is 3.65. The molecule has 0 aliphatic carbocycles. The number of carbonyl (C=O) groups is 1. The van der Waals surface area contributed by atoms with Crippen LogP contribution in [0.5, 0.6) is 0 Å². The van der Waals surface area contributed by atoms with Gasteiger partial charge in [0, 0.05) is 12.4 Å². The van der Waals surface area contributed by atoms with Gasteiger partial charge in [0.15, 0.2) is 0 Å². The number of carboxylic acids is 1. The van der Waals surface area contributed by atoms with Crippen LogP contribution in [0.15, 0.2) is 16.9 Å². The van der Waals surface area contributed by atoms with Crippen LogP contribution < -0.4 is 5.56 Å². The van der Waals surface area contributed by atoms with Gasteiger partial charge in [-0.15, -0.1) is 0 Å². The van der Waals surface area contributed by atoms with Crippen LogP contribution >= 0.6 is 0 Å². The van der Waals surface area contributed by atoms with Crippen molar-refractivity contribution >= 4 is 17.0 Å². The van der Waals surface area contributed by atoms with Gasteiger partial charge in [-0.2, -0.15) is 0 Å². The van der Waals surface area contributed by atoms with Gasteiger partial charge in [-0.1, -0.05) is 0 Å². The van der Waals surface area contributed by atoms with Crippen LogP contribution in [0.1, 0.15) is 16.1 Å². The number of aryl methyl sites for hydroxylation is 2. The highest BCUT2D eigenvalue weighted by Gasteiger charge is 2.14. The smallest absolute Gasteiger partial charge is 0.341 e. The molecule has 2 rings (SSSR count). The largest absolute Gasteiger partial charge is 0.477 e. The summed E-state index contributed by atoms with van der Waals surface area (Å²) in [5.41, 5.74) is -0.636. The first-order valence-corrected chi connectivity index (χ1v) is 4.82. The molecule has 0 radical (unpaired) electrons. The van der Waals surface area contributed by atoms with Crippen molar-refractivity contribution in [2.24, 2.45) is 7.05 Å². The Kier molecular flexibility index (Phi) is 2.42. The molecule has 0 bridgehead atoms. The van der Waals surface area contributed by atoms with Crippen molar-refractivity contribution in [2.45, 2.75) is 6.92 Å². The van der Waals surface area contributed by atoms with Crippen LogP contribution in [0.25, 0.3) is 11.0 Å². The summed E-state index contributed by atoms with van der Waals surface area (Å²) in [5.74, 6) is -1.87. The molecule has 2 aromatic rings. The molecule has 88 valence electrons. The minimum Gasteiger partial charge on any atom is -0.477 e. The van der Waals surface area contributed by atoms with Crippen LogP contribution in [0.2, 0.25) is 0 Å². The van der Waals surface area contributed by atoms with Gasteiger partial charge in [0.25, 0.3) is 5.56 Å². The first-order valence-electron chi connectivity index (χ1n) is 4.82. The molecule has 0 unspecified atom stereocenters. The van der Waals surface area contributed by atoms with E-state index in [-0.39, 0.29) is 16.7 Å². The summed E-state index contributed by atoms with van der Waals surface area (Å²) >= 11 is 0. The number of nitrogens with zero attached hydrogens (tertiary/aromatic N) is 2. The summed E-state index contributed by atoms with van der Waals surface area (Å²) in [6, 6.07) is 2.30. The topological polar surface area (TPSA) is 72.2 Å². The maximum atomic E-state index is 13.3. The average molecular weight is 236 g/mol. The Hall–Kier alpha value is -2.24. The number of aromatic carboxylic acids is 1. The first kappa shape index (κ1) is 11.3. The van der Waals surface area contributed by atoms with Crippen LogP contribution in [-0.2, 0) is 7.05 Å². The number of pyridine rings is 2. The number of rotatable bonds is 1. The standard InChI is InChI=1S/C11H9FN2O3/c1-5-8(12)4-6-3-7(11(16)17)10(15)14(2)9(6)13-5/h3-4H,1-2H3,(H,16,17). The summed E-state index contributed by atoms with van der Waals surface area (Å²) in [4.78, 5) is 26.4. The van der Waals surface area contributed by atoms with Crippen molar-refractivity contribution < 1.29 is 14.3 Å². The fourth-order valence-electron chi connectivity index (χ4n) is 1.60. The molecule has 0 saturated heterocycles. The number of hydrogen-bond acceptors (Lipinski definition) is 3. The Balaban J connectivity index is 2.96. The van der Waals surface area contributed by atoms with Crippen LogP contribution in [0, 0.1) is 12.7 Å². The number of halogens is 1. The van der Waals surface area contributed by atoms with E-state index in [1.54, 1.807) is 0 Å². The zero-order valence-electron chi connectivity index (χ0n) is 9.19. The van der Waals surface area contributed by atoms with Crippen molar-refractivity contribution in [1.29, 1.82) is 0 Å². The second-order valence-electron chi connectivity index (χ2n) is 3.70. The quantitative estimate of drug-likeness (QED) is 0.804. The van der Waals surface area contributed by atoms with Crippen LogP contribution in [0.4, 0.5) is 4.39 Å². The number of aromatic nitrogens is 2. The van der Waals surface area contributed by atoms with E-state index in [2.05, 4.69) is 4.98 Å². The van der Waals surface area contributed by atoms with E-state index in [4.69, 9.17) is 5.11 Å². The van der Waals surface area contributed by atoms with Gasteiger partial charge in [-0.25, -0.2) is 14.2 Å². The highest BCUT2D eigenvalue weighted by molar-refractivity contribution is 5.91. The third kappa shape index (κ3) is 1.67. The Bertz CT molecular complexity index is 691. The average Bonchev–Trinajstić information content (AvgIpc) is 2.26. The Morgan fingerprint density at radius 1 is 1.47 bits per heavy atom. The van der Waals surface area contributed by atoms with E-state index in [0.29, 0.717) is 0 Å². The lowest BCUT2D eigenvalue weighted by Gasteiger charge is -2.07. The molecular formula is C11H9FN2O3. The van der Waals surface area contributed by atoms with Gasteiger partial charge >= 0.3 is 5.97 Å². The predicted molar refractivity (Wildman–Crippen MR) is 58.6 cm³/mol. The van der Waals surface area contributed by atoms with Gasteiger partial charge in [0.2, 0.25) is 0 Å². The van der Waals surface area contributed by atoms with E-state index in [0.717, 1.165) is 10.6 Å². The molecule has 5 nitrogen and oxygen atoms in total. The van der Waals surface area contributed by atoms with E-state index >= 15 is 0 Å². The second-order valence-corrected chi connectivity index (χ2v) is 3.70. The molecular weight excluding hydrogens is 227 g/mol. The minimum atomic E-state index is -1.34. The Labute approximate surface area is 95.1 Å². The van der Waals surface area contributed by atoms with Crippen LogP contribution in [-0.4, -0.2) is 20.6 Å². The summed E-state index contributed by atoms with van der Waals surface area (Å²) in [7, 11) is 1.40. The molecule has 0 atom stereocenters. The summed E-state index contributed by atoms with van der Waals surface area (Å²) in [6.07, 6.45) is 0. The van der Waals surface area contributed by atoms with E-state index in [9.17, 15) is 14.0 Å². The lowest BCUT2D eigenvalue weighted by Crippen LogP contribution is -2.25. The Morgan fingerprint density at radius 3 is 2.71 bits per heavy atom. The van der Waals surface area contributed by atoms with E-state index in [1.165, 1.54) is 20.0 Å². The predicted octanol–water partition coefficient (Wildman–Crippen LogP) is 1.08. The number of fused-ring (bicyclic) bond motifs is 1. The van der Waals surface area contributed by atoms with Gasteiger partial charge in [-0.05, 0) is 19.1 Å². The zero-order chi connectivity index (χ0) is 12.7. The molecule has 2 aromatic heterocycles. The zero-order valence-corrected chi connectivity index (χ0v) is 9.19. The number of hydrogen-bond donors (Lipinski definition) is 1. The maximum absolute atomic E-state index is 13.3. The van der Waals surface area contributed by atoms with Crippen molar-refractivity contribution in [1.82, 2.24) is 9.55 Å². The van der Waals surface area contributed by atoms with Crippen molar-refractivity contribution in [3.63, 3.8) is 0 Å². The summed E-state index contributed by atoms with van der Waals surface area (Å²) in [6.45, 7) is 1.48. The highest BCUT2D eigenvalue weighted by atomic mass is 19.1. The highest BCUT2D eigenvalue weighted by Crippen LogP contribution is 2.14. The first-order chi connectivity index (χ1) is 7.91. The van der Waals surface area contributed by atoms with Crippen molar-refractivity contribution in [3.8, 4) is 0 Å². The monoisotopic (exact) mass is 236 g/mol. The van der Waals surface area contributed by atoms with Gasteiger partial charge < -0.3 is 5.11 Å². The maximum Gasteiger partial charge on any atom is 0.341 e. The summed E-state index contributed by atoms with van der Waals surface area (Å²) < 4.78 is 14.4. The molecule has 0 aromatic carbocycles. The molecule has 0 aliphatic rings.